The van der Waals surface area contributed by atoms with Gasteiger partial charge in [0.05, 0.1) is 0 Å². The molecule has 1 aromatic rings. The summed E-state index contributed by atoms with van der Waals surface area (Å²) >= 11 is 0. The number of aromatic nitrogens is 1. The SMILES string of the molecule is Cc1c(N)ccnc1C(N)=O. The molecule has 0 fully saturated rings. The Balaban J connectivity index is 3.27. The Morgan fingerprint density at radius 1 is 1.64 bits per heavy atom. The minimum atomic E-state index is -0.546. The van der Waals surface area contributed by atoms with Crippen LogP contribution < -0.4 is 11.5 Å². The van der Waals surface area contributed by atoms with Crippen LogP contribution in [0.4, 0.5) is 5.69 Å². The van der Waals surface area contributed by atoms with Crippen LogP contribution in [0.25, 0.3) is 0 Å². The minimum Gasteiger partial charge on any atom is -0.398 e. The molecule has 1 aromatic heterocycles. The van der Waals surface area contributed by atoms with Crippen molar-refractivity contribution in [3.8, 4) is 0 Å². The third kappa shape index (κ3) is 1.29. The van der Waals surface area contributed by atoms with Crippen molar-refractivity contribution >= 4 is 11.6 Å². The molecule has 0 saturated heterocycles. The van der Waals surface area contributed by atoms with Crippen molar-refractivity contribution in [1.29, 1.82) is 0 Å². The van der Waals surface area contributed by atoms with E-state index in [1.807, 2.05) is 0 Å². The maximum Gasteiger partial charge on any atom is 0.267 e. The molecule has 0 radical (unpaired) electrons. The second-order valence-corrected chi connectivity index (χ2v) is 2.24. The summed E-state index contributed by atoms with van der Waals surface area (Å²) in [6.07, 6.45) is 1.46. The van der Waals surface area contributed by atoms with Crippen molar-refractivity contribution in [2.24, 2.45) is 5.73 Å². The number of anilines is 1. The molecule has 1 heterocycles. The Bertz CT molecular complexity index is 296. The molecule has 0 aliphatic heterocycles. The van der Waals surface area contributed by atoms with Gasteiger partial charge in [0.2, 0.25) is 0 Å². The van der Waals surface area contributed by atoms with Gasteiger partial charge < -0.3 is 11.5 Å². The summed E-state index contributed by atoms with van der Waals surface area (Å²) in [4.78, 5) is 14.5. The van der Waals surface area contributed by atoms with Gasteiger partial charge in [-0.2, -0.15) is 0 Å². The molecule has 0 saturated carbocycles. The first-order valence-electron chi connectivity index (χ1n) is 3.14. The predicted octanol–water partition coefficient (Wildman–Crippen LogP) is 0.0711. The van der Waals surface area contributed by atoms with E-state index in [2.05, 4.69) is 4.98 Å². The average Bonchev–Trinajstić information content (AvgIpc) is 1.94. The highest BCUT2D eigenvalue weighted by atomic mass is 16.1. The van der Waals surface area contributed by atoms with Crippen molar-refractivity contribution in [3.63, 3.8) is 0 Å². The second kappa shape index (κ2) is 2.57. The van der Waals surface area contributed by atoms with E-state index in [0.717, 1.165) is 0 Å². The predicted molar refractivity (Wildman–Crippen MR) is 41.9 cm³/mol. The van der Waals surface area contributed by atoms with Gasteiger partial charge in [0, 0.05) is 17.4 Å². The van der Waals surface area contributed by atoms with Crippen molar-refractivity contribution in [2.45, 2.75) is 6.92 Å². The number of nitrogen functional groups attached to an aromatic ring is 1. The van der Waals surface area contributed by atoms with Crippen LogP contribution in [-0.4, -0.2) is 10.9 Å². The second-order valence-electron chi connectivity index (χ2n) is 2.24. The first-order chi connectivity index (χ1) is 5.13. The largest absolute Gasteiger partial charge is 0.398 e. The summed E-state index contributed by atoms with van der Waals surface area (Å²) in [7, 11) is 0. The standard InChI is InChI=1S/C7H9N3O/c1-4-5(8)2-3-10-6(4)7(9)11/h2-3H,1H3,(H2,8,10)(H2,9,11). The van der Waals surface area contributed by atoms with Crippen molar-refractivity contribution in [3.05, 3.63) is 23.5 Å². The van der Waals surface area contributed by atoms with E-state index in [4.69, 9.17) is 11.5 Å². The van der Waals surface area contributed by atoms with Gasteiger partial charge in [-0.25, -0.2) is 0 Å². The van der Waals surface area contributed by atoms with E-state index in [-0.39, 0.29) is 5.69 Å². The summed E-state index contributed by atoms with van der Waals surface area (Å²) in [5, 5.41) is 0. The lowest BCUT2D eigenvalue weighted by Gasteiger charge is -2.01. The Morgan fingerprint density at radius 3 is 2.73 bits per heavy atom. The summed E-state index contributed by atoms with van der Waals surface area (Å²) < 4.78 is 0. The van der Waals surface area contributed by atoms with Gasteiger partial charge in [0.25, 0.3) is 5.91 Å². The molecule has 0 aliphatic carbocycles. The molecule has 4 heteroatoms. The molecule has 0 spiro atoms. The summed E-state index contributed by atoms with van der Waals surface area (Å²) in [5.74, 6) is -0.546. The van der Waals surface area contributed by atoms with Crippen LogP contribution >= 0.6 is 0 Å². The smallest absolute Gasteiger partial charge is 0.267 e. The number of primary amides is 1. The van der Waals surface area contributed by atoms with Crippen LogP contribution in [0.15, 0.2) is 12.3 Å². The average molecular weight is 151 g/mol. The summed E-state index contributed by atoms with van der Waals surface area (Å²) in [6, 6.07) is 1.63. The molecule has 0 bridgehead atoms. The molecule has 0 aliphatic rings. The molecule has 11 heavy (non-hydrogen) atoms. The summed E-state index contributed by atoms with van der Waals surface area (Å²) in [5.41, 5.74) is 12.0. The third-order valence-electron chi connectivity index (χ3n) is 1.48. The fourth-order valence-corrected chi connectivity index (χ4v) is 0.799. The van der Waals surface area contributed by atoms with E-state index in [9.17, 15) is 4.79 Å². The van der Waals surface area contributed by atoms with Gasteiger partial charge in [-0.15, -0.1) is 0 Å². The van der Waals surface area contributed by atoms with Crippen LogP contribution in [0, 0.1) is 6.92 Å². The van der Waals surface area contributed by atoms with Crippen molar-refractivity contribution in [1.82, 2.24) is 4.98 Å². The first-order valence-corrected chi connectivity index (χ1v) is 3.14. The van der Waals surface area contributed by atoms with E-state index >= 15 is 0 Å². The number of amides is 1. The lowest BCUT2D eigenvalue weighted by atomic mass is 10.2. The van der Waals surface area contributed by atoms with Gasteiger partial charge in [0.1, 0.15) is 5.69 Å². The normalized spacial score (nSPS) is 9.55. The zero-order chi connectivity index (χ0) is 8.43. The number of nitrogens with two attached hydrogens (primary N) is 2. The van der Waals surface area contributed by atoms with Crippen LogP contribution in [-0.2, 0) is 0 Å². The van der Waals surface area contributed by atoms with Gasteiger partial charge in [-0.05, 0) is 13.0 Å². The molecule has 0 atom stereocenters. The quantitative estimate of drug-likeness (QED) is 0.595. The van der Waals surface area contributed by atoms with Gasteiger partial charge in [-0.3, -0.25) is 9.78 Å². The molecule has 58 valence electrons. The van der Waals surface area contributed by atoms with Crippen LogP contribution in [0.3, 0.4) is 0 Å². The Kier molecular flexibility index (Phi) is 1.76. The molecule has 1 amide bonds. The molecule has 4 N–H and O–H groups in total. The number of rotatable bonds is 1. The Labute approximate surface area is 64.2 Å². The highest BCUT2D eigenvalue weighted by Gasteiger charge is 2.06. The van der Waals surface area contributed by atoms with Crippen LogP contribution in [0.5, 0.6) is 0 Å². The zero-order valence-electron chi connectivity index (χ0n) is 6.16. The van der Waals surface area contributed by atoms with Gasteiger partial charge in [0.15, 0.2) is 0 Å². The van der Waals surface area contributed by atoms with Crippen LogP contribution in [0.2, 0.25) is 0 Å². The monoisotopic (exact) mass is 151 g/mol. The molecular formula is C7H9N3O. The number of pyridine rings is 1. The fourth-order valence-electron chi connectivity index (χ4n) is 0.799. The number of hydrogen-bond acceptors (Lipinski definition) is 3. The number of carbonyl (C=O) groups excluding carboxylic acids is 1. The zero-order valence-corrected chi connectivity index (χ0v) is 6.16. The Morgan fingerprint density at radius 2 is 2.27 bits per heavy atom. The van der Waals surface area contributed by atoms with Crippen molar-refractivity contribution in [2.75, 3.05) is 5.73 Å². The first kappa shape index (κ1) is 7.53. The lowest BCUT2D eigenvalue weighted by molar-refractivity contribution is 0.0995. The highest BCUT2D eigenvalue weighted by Crippen LogP contribution is 2.11. The number of carbonyl (C=O) groups is 1. The van der Waals surface area contributed by atoms with Gasteiger partial charge in [-0.1, -0.05) is 0 Å². The topological polar surface area (TPSA) is 82.0 Å². The maximum atomic E-state index is 10.7. The maximum absolute atomic E-state index is 10.7. The van der Waals surface area contributed by atoms with Gasteiger partial charge >= 0.3 is 0 Å². The minimum absolute atomic E-state index is 0.241. The lowest BCUT2D eigenvalue weighted by Crippen LogP contribution is -2.15. The molecule has 0 unspecified atom stereocenters. The van der Waals surface area contributed by atoms with E-state index in [0.29, 0.717) is 11.3 Å². The van der Waals surface area contributed by atoms with Crippen molar-refractivity contribution < 1.29 is 4.79 Å². The number of nitrogens with zero attached hydrogens (tertiary/aromatic N) is 1. The van der Waals surface area contributed by atoms with E-state index < -0.39 is 5.91 Å². The molecular weight excluding hydrogens is 142 g/mol. The molecule has 1 rings (SSSR count). The number of hydrogen-bond donors (Lipinski definition) is 2. The third-order valence-corrected chi connectivity index (χ3v) is 1.48. The summed E-state index contributed by atoms with van der Waals surface area (Å²) in [6.45, 7) is 1.71. The highest BCUT2D eigenvalue weighted by molar-refractivity contribution is 5.93. The van der Waals surface area contributed by atoms with E-state index in [1.165, 1.54) is 6.20 Å². The van der Waals surface area contributed by atoms with Crippen LogP contribution in [0.1, 0.15) is 16.1 Å². The van der Waals surface area contributed by atoms with E-state index in [1.54, 1.807) is 13.0 Å². The Hall–Kier alpha value is -1.58. The molecule has 4 nitrogen and oxygen atoms in total. The fraction of sp³-hybridized carbons (Fsp3) is 0.143. The molecule has 0 aromatic carbocycles.